The SMILES string of the molecule is Cc1ccc(NC(=O)CN2CCN(c3ccc(O)cc3)CC2)c(Br)c1. The zero-order valence-corrected chi connectivity index (χ0v) is 15.8. The molecule has 0 unspecified atom stereocenters. The molecule has 2 aromatic carbocycles. The van der Waals surface area contributed by atoms with Crippen LogP contribution in [-0.2, 0) is 4.79 Å². The van der Waals surface area contributed by atoms with Gasteiger partial charge in [0.2, 0.25) is 5.91 Å². The van der Waals surface area contributed by atoms with Crippen molar-refractivity contribution in [2.24, 2.45) is 0 Å². The summed E-state index contributed by atoms with van der Waals surface area (Å²) >= 11 is 3.49. The van der Waals surface area contributed by atoms with Crippen molar-refractivity contribution in [3.63, 3.8) is 0 Å². The first-order valence-electron chi connectivity index (χ1n) is 8.33. The van der Waals surface area contributed by atoms with Gasteiger partial charge >= 0.3 is 0 Å². The van der Waals surface area contributed by atoms with Crippen LogP contribution in [0.5, 0.6) is 5.75 Å². The number of hydrogen-bond donors (Lipinski definition) is 2. The summed E-state index contributed by atoms with van der Waals surface area (Å²) in [6, 6.07) is 13.1. The van der Waals surface area contributed by atoms with Crippen molar-refractivity contribution in [1.82, 2.24) is 4.90 Å². The highest BCUT2D eigenvalue weighted by atomic mass is 79.9. The van der Waals surface area contributed by atoms with Crippen molar-refractivity contribution in [1.29, 1.82) is 0 Å². The molecule has 1 saturated heterocycles. The lowest BCUT2D eigenvalue weighted by Gasteiger charge is -2.35. The highest BCUT2D eigenvalue weighted by Crippen LogP contribution is 2.23. The van der Waals surface area contributed by atoms with Crippen LogP contribution in [-0.4, -0.2) is 48.6 Å². The number of phenolic OH excluding ortho intramolecular Hbond substituents is 1. The van der Waals surface area contributed by atoms with E-state index in [-0.39, 0.29) is 11.7 Å². The molecular formula is C19H22BrN3O2. The third kappa shape index (κ3) is 4.74. The van der Waals surface area contributed by atoms with Crippen LogP contribution in [0.15, 0.2) is 46.9 Å². The van der Waals surface area contributed by atoms with E-state index in [1.807, 2.05) is 37.3 Å². The topological polar surface area (TPSA) is 55.8 Å². The summed E-state index contributed by atoms with van der Waals surface area (Å²) in [6.07, 6.45) is 0. The predicted octanol–water partition coefficient (Wildman–Crippen LogP) is 3.22. The third-order valence-electron chi connectivity index (χ3n) is 4.35. The summed E-state index contributed by atoms with van der Waals surface area (Å²) in [5.41, 5.74) is 3.05. The maximum atomic E-state index is 12.3. The molecule has 1 fully saturated rings. The zero-order chi connectivity index (χ0) is 17.8. The van der Waals surface area contributed by atoms with Crippen LogP contribution in [0, 0.1) is 6.92 Å². The molecule has 0 atom stereocenters. The molecule has 0 aromatic heterocycles. The highest BCUT2D eigenvalue weighted by Gasteiger charge is 2.19. The number of piperazine rings is 1. The molecule has 0 spiro atoms. The average Bonchev–Trinajstić information content (AvgIpc) is 2.59. The number of benzene rings is 2. The molecule has 1 aliphatic heterocycles. The molecule has 1 aliphatic rings. The van der Waals surface area contributed by atoms with E-state index >= 15 is 0 Å². The molecule has 1 amide bonds. The lowest BCUT2D eigenvalue weighted by molar-refractivity contribution is -0.117. The number of carbonyl (C=O) groups excluding carboxylic acids is 1. The molecule has 6 heteroatoms. The Labute approximate surface area is 156 Å². The number of aromatic hydroxyl groups is 1. The van der Waals surface area contributed by atoms with E-state index in [9.17, 15) is 9.90 Å². The first-order valence-corrected chi connectivity index (χ1v) is 9.13. The summed E-state index contributed by atoms with van der Waals surface area (Å²) in [5.74, 6) is 0.281. The molecule has 0 saturated carbocycles. The second-order valence-electron chi connectivity index (χ2n) is 6.31. The molecular weight excluding hydrogens is 382 g/mol. The second kappa shape index (κ2) is 7.89. The van der Waals surface area contributed by atoms with Crippen molar-refractivity contribution in [3.8, 4) is 5.75 Å². The monoisotopic (exact) mass is 403 g/mol. The van der Waals surface area contributed by atoms with Crippen LogP contribution >= 0.6 is 15.9 Å². The van der Waals surface area contributed by atoms with E-state index in [1.165, 1.54) is 0 Å². The van der Waals surface area contributed by atoms with Gasteiger partial charge in [-0.1, -0.05) is 6.07 Å². The number of aryl methyl sites for hydroxylation is 1. The maximum absolute atomic E-state index is 12.3. The van der Waals surface area contributed by atoms with Crippen LogP contribution < -0.4 is 10.2 Å². The van der Waals surface area contributed by atoms with Gasteiger partial charge in [0.1, 0.15) is 5.75 Å². The van der Waals surface area contributed by atoms with E-state index in [1.54, 1.807) is 12.1 Å². The minimum atomic E-state index is 0.00244. The molecule has 1 heterocycles. The minimum absolute atomic E-state index is 0.00244. The maximum Gasteiger partial charge on any atom is 0.238 e. The highest BCUT2D eigenvalue weighted by molar-refractivity contribution is 9.10. The molecule has 0 aliphatic carbocycles. The van der Waals surface area contributed by atoms with Gasteiger partial charge in [0, 0.05) is 36.3 Å². The van der Waals surface area contributed by atoms with E-state index in [4.69, 9.17) is 0 Å². The fourth-order valence-corrected chi connectivity index (χ4v) is 3.53. The van der Waals surface area contributed by atoms with E-state index in [0.29, 0.717) is 6.54 Å². The van der Waals surface area contributed by atoms with Gasteiger partial charge in [-0.2, -0.15) is 0 Å². The van der Waals surface area contributed by atoms with Gasteiger partial charge in [-0.25, -0.2) is 0 Å². The van der Waals surface area contributed by atoms with Crippen LogP contribution in [0.3, 0.4) is 0 Å². The van der Waals surface area contributed by atoms with E-state index in [0.717, 1.165) is 47.6 Å². The van der Waals surface area contributed by atoms with Gasteiger partial charge in [-0.15, -0.1) is 0 Å². The molecule has 0 bridgehead atoms. The Balaban J connectivity index is 1.50. The summed E-state index contributed by atoms with van der Waals surface area (Å²) in [4.78, 5) is 16.7. The Morgan fingerprint density at radius 2 is 1.80 bits per heavy atom. The first kappa shape index (κ1) is 17.8. The zero-order valence-electron chi connectivity index (χ0n) is 14.2. The Morgan fingerprint density at radius 3 is 2.44 bits per heavy atom. The van der Waals surface area contributed by atoms with Gasteiger partial charge in [0.15, 0.2) is 0 Å². The van der Waals surface area contributed by atoms with Crippen LogP contribution in [0.2, 0.25) is 0 Å². The predicted molar refractivity (Wildman–Crippen MR) is 104 cm³/mol. The van der Waals surface area contributed by atoms with Gasteiger partial charge in [-0.05, 0) is 64.8 Å². The summed E-state index contributed by atoms with van der Waals surface area (Å²) in [7, 11) is 0. The van der Waals surface area contributed by atoms with Crippen LogP contribution in [0.1, 0.15) is 5.56 Å². The number of nitrogens with one attached hydrogen (secondary N) is 1. The number of carbonyl (C=O) groups is 1. The smallest absolute Gasteiger partial charge is 0.238 e. The van der Waals surface area contributed by atoms with Crippen molar-refractivity contribution in [3.05, 3.63) is 52.5 Å². The van der Waals surface area contributed by atoms with Gasteiger partial charge < -0.3 is 15.3 Å². The number of rotatable bonds is 4. The molecule has 2 aromatic rings. The first-order chi connectivity index (χ1) is 12.0. The number of amides is 1. The number of halogens is 1. The lowest BCUT2D eigenvalue weighted by Crippen LogP contribution is -2.48. The molecule has 3 rings (SSSR count). The molecule has 132 valence electrons. The number of phenols is 1. The van der Waals surface area contributed by atoms with Crippen molar-refractivity contribution in [2.45, 2.75) is 6.92 Å². The van der Waals surface area contributed by atoms with Gasteiger partial charge in [-0.3, -0.25) is 9.69 Å². The Morgan fingerprint density at radius 1 is 1.12 bits per heavy atom. The standard InChI is InChI=1S/C19H22BrN3O2/c1-14-2-7-18(17(20)12-14)21-19(25)13-22-8-10-23(11-9-22)15-3-5-16(24)6-4-15/h2-7,12,24H,8-11,13H2,1H3,(H,21,25). The third-order valence-corrected chi connectivity index (χ3v) is 5.01. The van der Waals surface area contributed by atoms with Crippen molar-refractivity contribution in [2.75, 3.05) is 42.9 Å². The lowest BCUT2D eigenvalue weighted by atomic mass is 10.2. The van der Waals surface area contributed by atoms with Gasteiger partial charge in [0.05, 0.1) is 12.2 Å². The van der Waals surface area contributed by atoms with Crippen LogP contribution in [0.4, 0.5) is 11.4 Å². The normalized spacial score (nSPS) is 15.2. The minimum Gasteiger partial charge on any atom is -0.508 e. The van der Waals surface area contributed by atoms with E-state index < -0.39 is 0 Å². The molecule has 0 radical (unpaired) electrons. The molecule has 5 nitrogen and oxygen atoms in total. The summed E-state index contributed by atoms with van der Waals surface area (Å²) in [5, 5.41) is 12.3. The Bertz CT molecular complexity index is 741. The van der Waals surface area contributed by atoms with Crippen LogP contribution in [0.25, 0.3) is 0 Å². The average molecular weight is 404 g/mol. The Hall–Kier alpha value is -2.05. The molecule has 2 N–H and O–H groups in total. The number of anilines is 2. The van der Waals surface area contributed by atoms with Gasteiger partial charge in [0.25, 0.3) is 0 Å². The second-order valence-corrected chi connectivity index (χ2v) is 7.17. The molecule has 25 heavy (non-hydrogen) atoms. The van der Waals surface area contributed by atoms with E-state index in [2.05, 4.69) is 31.0 Å². The quantitative estimate of drug-likeness (QED) is 0.822. The Kier molecular flexibility index (Phi) is 5.60. The summed E-state index contributed by atoms with van der Waals surface area (Å²) < 4.78 is 0.901. The summed E-state index contributed by atoms with van der Waals surface area (Å²) in [6.45, 7) is 5.82. The fourth-order valence-electron chi connectivity index (χ4n) is 2.94. The number of nitrogens with zero attached hydrogens (tertiary/aromatic N) is 2. The van der Waals surface area contributed by atoms with Crippen molar-refractivity contribution >= 4 is 33.2 Å². The largest absolute Gasteiger partial charge is 0.508 e. The fraction of sp³-hybridized carbons (Fsp3) is 0.316. The van der Waals surface area contributed by atoms with Crippen molar-refractivity contribution < 1.29 is 9.90 Å². The number of hydrogen-bond acceptors (Lipinski definition) is 4.